The van der Waals surface area contributed by atoms with Crippen molar-refractivity contribution in [2.75, 3.05) is 6.61 Å². The van der Waals surface area contributed by atoms with Crippen LogP contribution in [0.2, 0.25) is 0 Å². The fraction of sp³-hybridized carbons (Fsp3) is 0.222. The van der Waals surface area contributed by atoms with Crippen LogP contribution in [0, 0.1) is 11.3 Å². The first-order valence-corrected chi connectivity index (χ1v) is 10.9. The highest BCUT2D eigenvalue weighted by Crippen LogP contribution is 2.24. The fourth-order valence-corrected chi connectivity index (χ4v) is 3.03. The number of unbranched alkanes of at least 4 members (excludes halogenated alkanes) is 3. The topological polar surface area (TPSA) is 91.9 Å². The Morgan fingerprint density at radius 3 is 2.39 bits per heavy atom. The van der Waals surface area contributed by atoms with Crippen molar-refractivity contribution in [1.82, 2.24) is 0 Å². The van der Waals surface area contributed by atoms with E-state index in [0.717, 1.165) is 12.8 Å². The molecule has 33 heavy (non-hydrogen) atoms. The number of nitriles is 1. The molecule has 0 unspecified atom stereocenters. The summed E-state index contributed by atoms with van der Waals surface area (Å²) in [5, 5.41) is 19.1. The second-order valence-corrected chi connectivity index (χ2v) is 7.46. The van der Waals surface area contributed by atoms with E-state index in [9.17, 15) is 9.90 Å². The summed E-state index contributed by atoms with van der Waals surface area (Å²) in [7, 11) is 0. The molecule has 0 fully saturated rings. The van der Waals surface area contributed by atoms with Crippen LogP contribution in [-0.4, -0.2) is 23.9 Å². The van der Waals surface area contributed by atoms with Crippen LogP contribution in [0.3, 0.4) is 0 Å². The van der Waals surface area contributed by atoms with Gasteiger partial charge in [0.2, 0.25) is 0 Å². The first-order chi connectivity index (χ1) is 16.1. The van der Waals surface area contributed by atoms with Gasteiger partial charge in [-0.05, 0) is 67.1 Å². The highest BCUT2D eigenvalue weighted by Gasteiger charge is 2.10. The van der Waals surface area contributed by atoms with Gasteiger partial charge in [-0.15, -0.1) is 0 Å². The molecule has 3 rings (SSSR count). The first-order valence-electron chi connectivity index (χ1n) is 10.9. The Balaban J connectivity index is 1.56. The lowest BCUT2D eigenvalue weighted by Crippen LogP contribution is -2.08. The zero-order valence-electron chi connectivity index (χ0n) is 18.5. The zero-order chi connectivity index (χ0) is 23.5. The molecular formula is C27H26N2O4. The number of hydrogen-bond acceptors (Lipinski definition) is 6. The Hall–Kier alpha value is -4.11. The number of nitrogens with zero attached hydrogens (tertiary/aromatic N) is 2. The maximum Gasteiger partial charge on any atom is 0.343 e. The van der Waals surface area contributed by atoms with Crippen molar-refractivity contribution in [3.63, 3.8) is 0 Å². The number of carbonyl (C=O) groups excluding carboxylic acids is 1. The van der Waals surface area contributed by atoms with Crippen LogP contribution in [0.15, 0.2) is 71.7 Å². The average Bonchev–Trinajstić information content (AvgIpc) is 2.84. The van der Waals surface area contributed by atoms with Crippen molar-refractivity contribution in [1.29, 1.82) is 5.26 Å². The molecule has 0 saturated carbocycles. The number of rotatable bonds is 10. The van der Waals surface area contributed by atoms with Crippen molar-refractivity contribution in [3.8, 4) is 23.3 Å². The van der Waals surface area contributed by atoms with Crippen molar-refractivity contribution < 1.29 is 19.4 Å². The second kappa shape index (κ2) is 12.1. The maximum absolute atomic E-state index is 12.4. The van der Waals surface area contributed by atoms with E-state index in [1.54, 1.807) is 60.7 Å². The smallest absolute Gasteiger partial charge is 0.343 e. The van der Waals surface area contributed by atoms with Crippen LogP contribution in [-0.2, 0) is 0 Å². The Morgan fingerprint density at radius 1 is 1.00 bits per heavy atom. The quantitative estimate of drug-likeness (QED) is 0.175. The molecule has 0 aliphatic rings. The van der Waals surface area contributed by atoms with Gasteiger partial charge in [0.05, 0.1) is 29.5 Å². The molecule has 6 nitrogen and oxygen atoms in total. The van der Waals surface area contributed by atoms with Crippen molar-refractivity contribution >= 4 is 17.9 Å². The summed E-state index contributed by atoms with van der Waals surface area (Å²) in [6.45, 7) is 2.83. The standard InChI is InChI=1S/C27H26N2O4/c1-2-3-4-5-16-32-24-13-8-21(9-14-24)27(31)33-25-15-10-22(26(30)17-25)19-29-23-11-6-20(18-28)7-12-23/h6-15,17,19,30H,2-5,16H2,1H3. The van der Waals surface area contributed by atoms with E-state index in [1.165, 1.54) is 25.1 Å². The first kappa shape index (κ1) is 23.6. The molecule has 168 valence electrons. The van der Waals surface area contributed by atoms with Gasteiger partial charge in [0.25, 0.3) is 0 Å². The molecule has 0 spiro atoms. The van der Waals surface area contributed by atoms with Gasteiger partial charge in [-0.3, -0.25) is 4.99 Å². The average molecular weight is 443 g/mol. The molecule has 0 heterocycles. The van der Waals surface area contributed by atoms with Crippen LogP contribution in [0.25, 0.3) is 0 Å². The van der Waals surface area contributed by atoms with Gasteiger partial charge in [0, 0.05) is 17.8 Å². The third-order valence-corrected chi connectivity index (χ3v) is 4.92. The lowest BCUT2D eigenvalue weighted by Gasteiger charge is -2.08. The minimum Gasteiger partial charge on any atom is -0.507 e. The number of ether oxygens (including phenoxy) is 2. The number of benzene rings is 3. The van der Waals surface area contributed by atoms with Gasteiger partial charge in [0.15, 0.2) is 0 Å². The van der Waals surface area contributed by atoms with E-state index in [0.29, 0.717) is 34.7 Å². The number of esters is 1. The normalized spacial score (nSPS) is 10.7. The van der Waals surface area contributed by atoms with Crippen molar-refractivity contribution in [2.45, 2.75) is 32.6 Å². The summed E-state index contributed by atoms with van der Waals surface area (Å²) in [6.07, 6.45) is 6.05. The van der Waals surface area contributed by atoms with Crippen LogP contribution >= 0.6 is 0 Å². The van der Waals surface area contributed by atoms with Gasteiger partial charge in [-0.2, -0.15) is 5.26 Å². The predicted octanol–water partition coefficient (Wildman–Crippen LogP) is 6.19. The third-order valence-electron chi connectivity index (χ3n) is 4.92. The Kier molecular flexibility index (Phi) is 8.61. The number of carbonyl (C=O) groups is 1. The third kappa shape index (κ3) is 7.22. The van der Waals surface area contributed by atoms with E-state index in [2.05, 4.69) is 11.9 Å². The summed E-state index contributed by atoms with van der Waals surface area (Å²) >= 11 is 0. The van der Waals surface area contributed by atoms with E-state index in [1.807, 2.05) is 6.07 Å². The molecule has 0 saturated heterocycles. The summed E-state index contributed by atoms with van der Waals surface area (Å²) in [5.41, 5.74) is 2.06. The van der Waals surface area contributed by atoms with Crippen LogP contribution in [0.5, 0.6) is 17.2 Å². The predicted molar refractivity (Wildman–Crippen MR) is 128 cm³/mol. The molecule has 0 aliphatic heterocycles. The number of phenols is 1. The minimum atomic E-state index is -0.525. The largest absolute Gasteiger partial charge is 0.507 e. The Morgan fingerprint density at radius 2 is 1.73 bits per heavy atom. The molecule has 6 heteroatoms. The van der Waals surface area contributed by atoms with E-state index in [4.69, 9.17) is 14.7 Å². The molecule has 0 atom stereocenters. The molecule has 0 aromatic heterocycles. The monoisotopic (exact) mass is 442 g/mol. The second-order valence-electron chi connectivity index (χ2n) is 7.46. The summed E-state index contributed by atoms with van der Waals surface area (Å²) in [6, 6.07) is 20.2. The molecule has 3 aromatic rings. The van der Waals surface area contributed by atoms with Crippen LogP contribution in [0.1, 0.15) is 54.1 Å². The fourth-order valence-electron chi connectivity index (χ4n) is 3.03. The van der Waals surface area contributed by atoms with Gasteiger partial charge in [0.1, 0.15) is 17.2 Å². The number of aliphatic imine (C=N–C) groups is 1. The molecule has 0 radical (unpaired) electrons. The lowest BCUT2D eigenvalue weighted by molar-refractivity contribution is 0.0734. The van der Waals surface area contributed by atoms with Crippen LogP contribution in [0.4, 0.5) is 5.69 Å². The van der Waals surface area contributed by atoms with Crippen molar-refractivity contribution in [3.05, 3.63) is 83.4 Å². The molecule has 0 bridgehead atoms. The Labute approximate surface area is 193 Å². The Bertz CT molecular complexity index is 1130. The molecule has 0 amide bonds. The number of aromatic hydroxyl groups is 1. The molecule has 0 aliphatic carbocycles. The minimum absolute atomic E-state index is 0.0653. The van der Waals surface area contributed by atoms with E-state index in [-0.39, 0.29) is 11.5 Å². The summed E-state index contributed by atoms with van der Waals surface area (Å²) in [4.78, 5) is 16.7. The lowest BCUT2D eigenvalue weighted by atomic mass is 10.2. The highest BCUT2D eigenvalue weighted by atomic mass is 16.5. The molecule has 3 aromatic carbocycles. The highest BCUT2D eigenvalue weighted by molar-refractivity contribution is 5.91. The summed E-state index contributed by atoms with van der Waals surface area (Å²) in [5.74, 6) is 0.350. The van der Waals surface area contributed by atoms with E-state index < -0.39 is 5.97 Å². The van der Waals surface area contributed by atoms with Crippen molar-refractivity contribution in [2.24, 2.45) is 4.99 Å². The number of hydrogen-bond donors (Lipinski definition) is 1. The van der Waals surface area contributed by atoms with E-state index >= 15 is 0 Å². The molecule has 1 N–H and O–H groups in total. The SMILES string of the molecule is CCCCCCOc1ccc(C(=O)Oc2ccc(C=Nc3ccc(C#N)cc3)c(O)c2)cc1. The summed E-state index contributed by atoms with van der Waals surface area (Å²) < 4.78 is 11.1. The maximum atomic E-state index is 12.4. The zero-order valence-corrected chi connectivity index (χ0v) is 18.5. The van der Waals surface area contributed by atoms with Gasteiger partial charge in [-0.25, -0.2) is 4.79 Å². The number of phenolic OH excluding ortho intramolecular Hbond substituents is 1. The van der Waals surface area contributed by atoms with Gasteiger partial charge < -0.3 is 14.6 Å². The molecular weight excluding hydrogens is 416 g/mol. The van der Waals surface area contributed by atoms with Gasteiger partial charge >= 0.3 is 5.97 Å². The van der Waals surface area contributed by atoms with Crippen LogP contribution < -0.4 is 9.47 Å². The van der Waals surface area contributed by atoms with Gasteiger partial charge in [-0.1, -0.05) is 26.2 Å².